The molecule has 0 saturated carbocycles. The highest BCUT2D eigenvalue weighted by Crippen LogP contribution is 2.28. The smallest absolute Gasteiger partial charge is 0.133 e. The molecule has 0 spiro atoms. The highest BCUT2D eigenvalue weighted by Gasteiger charge is 2.01. The van der Waals surface area contributed by atoms with Gasteiger partial charge in [-0.1, -0.05) is 18.0 Å². The van der Waals surface area contributed by atoms with Crippen LogP contribution in [0, 0.1) is 0 Å². The minimum absolute atomic E-state index is 0.281. The van der Waals surface area contributed by atoms with E-state index in [9.17, 15) is 0 Å². The molecule has 0 saturated heterocycles. The van der Waals surface area contributed by atoms with E-state index in [4.69, 9.17) is 21.4 Å². The van der Waals surface area contributed by atoms with Crippen LogP contribution in [0.5, 0.6) is 5.75 Å². The zero-order chi connectivity index (χ0) is 11.8. The molecule has 0 unspecified atom stereocenters. The van der Waals surface area contributed by atoms with Gasteiger partial charge in [0, 0.05) is 11.6 Å². The molecule has 0 fully saturated rings. The number of aliphatic hydroxyl groups is 1. The number of aliphatic hydroxyl groups excluding tert-OH is 1. The summed E-state index contributed by atoms with van der Waals surface area (Å²) in [5.74, 6) is 0.826. The maximum atomic E-state index is 8.61. The zero-order valence-electron chi connectivity index (χ0n) is 9.09. The highest BCUT2D eigenvalue weighted by atomic mass is 79.9. The predicted octanol–water partition coefficient (Wildman–Crippen LogP) is 4.03. The fourth-order valence-electron chi connectivity index (χ4n) is 1.34. The molecular weight excluding hydrogens is 291 g/mol. The molecule has 0 amide bonds. The number of halogens is 2. The number of unbranched alkanes of at least 4 members (excludes halogenated alkanes) is 3. The Labute approximate surface area is 110 Å². The summed E-state index contributed by atoms with van der Waals surface area (Å²) in [5, 5.41) is 9.31. The molecule has 4 heteroatoms. The first-order valence-electron chi connectivity index (χ1n) is 5.43. The molecule has 1 rings (SSSR count). The molecule has 2 nitrogen and oxygen atoms in total. The fraction of sp³-hybridized carbons (Fsp3) is 0.500. The van der Waals surface area contributed by atoms with Crippen molar-refractivity contribution in [2.75, 3.05) is 13.2 Å². The van der Waals surface area contributed by atoms with Gasteiger partial charge in [0.05, 0.1) is 11.1 Å². The van der Waals surface area contributed by atoms with Crippen LogP contribution in [0.15, 0.2) is 22.7 Å². The molecule has 0 aliphatic carbocycles. The van der Waals surface area contributed by atoms with E-state index in [1.165, 1.54) is 0 Å². The van der Waals surface area contributed by atoms with Crippen LogP contribution >= 0.6 is 27.5 Å². The van der Waals surface area contributed by atoms with Crippen molar-refractivity contribution in [3.05, 3.63) is 27.7 Å². The standard InChI is InChI=1S/C12H16BrClO2/c13-11-9-10(14)5-6-12(11)16-8-4-2-1-3-7-15/h5-6,9,15H,1-4,7-8H2. The molecule has 0 atom stereocenters. The number of ether oxygens (including phenoxy) is 1. The first-order chi connectivity index (χ1) is 7.74. The lowest BCUT2D eigenvalue weighted by atomic mass is 10.2. The summed E-state index contributed by atoms with van der Waals surface area (Å²) in [7, 11) is 0. The lowest BCUT2D eigenvalue weighted by Crippen LogP contribution is -1.98. The monoisotopic (exact) mass is 306 g/mol. The summed E-state index contributed by atoms with van der Waals surface area (Å²) in [6.07, 6.45) is 4.03. The average Bonchev–Trinajstić information content (AvgIpc) is 2.26. The Morgan fingerprint density at radius 2 is 1.94 bits per heavy atom. The summed E-state index contributed by atoms with van der Waals surface area (Å²) in [4.78, 5) is 0. The number of benzene rings is 1. The molecular formula is C12H16BrClO2. The lowest BCUT2D eigenvalue weighted by Gasteiger charge is -2.08. The van der Waals surface area contributed by atoms with E-state index >= 15 is 0 Å². The van der Waals surface area contributed by atoms with Crippen LogP contribution in [0.1, 0.15) is 25.7 Å². The van der Waals surface area contributed by atoms with Crippen LogP contribution in [0.4, 0.5) is 0 Å². The zero-order valence-corrected chi connectivity index (χ0v) is 11.4. The van der Waals surface area contributed by atoms with Gasteiger partial charge in [-0.2, -0.15) is 0 Å². The van der Waals surface area contributed by atoms with Crippen molar-refractivity contribution in [1.29, 1.82) is 0 Å². The summed E-state index contributed by atoms with van der Waals surface area (Å²) in [6, 6.07) is 5.50. The number of rotatable bonds is 7. The Hall–Kier alpha value is -0.250. The van der Waals surface area contributed by atoms with Crippen molar-refractivity contribution in [3.8, 4) is 5.75 Å². The normalized spacial score (nSPS) is 10.4. The molecule has 90 valence electrons. The van der Waals surface area contributed by atoms with Crippen molar-refractivity contribution in [1.82, 2.24) is 0 Å². The Kier molecular flexibility index (Phi) is 6.85. The van der Waals surface area contributed by atoms with E-state index in [2.05, 4.69) is 15.9 Å². The molecule has 0 aromatic heterocycles. The van der Waals surface area contributed by atoms with Gasteiger partial charge in [0.15, 0.2) is 0 Å². The van der Waals surface area contributed by atoms with Crippen molar-refractivity contribution in [3.63, 3.8) is 0 Å². The molecule has 0 heterocycles. The van der Waals surface area contributed by atoms with Crippen molar-refractivity contribution >= 4 is 27.5 Å². The third-order valence-electron chi connectivity index (χ3n) is 2.20. The predicted molar refractivity (Wildman–Crippen MR) is 70.2 cm³/mol. The molecule has 0 aliphatic rings. The molecule has 0 radical (unpaired) electrons. The van der Waals surface area contributed by atoms with E-state index in [-0.39, 0.29) is 6.61 Å². The van der Waals surface area contributed by atoms with Crippen LogP contribution in [0.3, 0.4) is 0 Å². The van der Waals surface area contributed by atoms with Crippen LogP contribution in [0.2, 0.25) is 5.02 Å². The second-order valence-electron chi connectivity index (χ2n) is 3.56. The van der Waals surface area contributed by atoms with Gasteiger partial charge in [-0.3, -0.25) is 0 Å². The van der Waals surface area contributed by atoms with Gasteiger partial charge in [-0.05, 0) is 53.4 Å². The maximum absolute atomic E-state index is 8.61. The number of hydrogen-bond donors (Lipinski definition) is 1. The highest BCUT2D eigenvalue weighted by molar-refractivity contribution is 9.10. The fourth-order valence-corrected chi connectivity index (χ4v) is 2.14. The lowest BCUT2D eigenvalue weighted by molar-refractivity contribution is 0.273. The Morgan fingerprint density at radius 1 is 1.19 bits per heavy atom. The van der Waals surface area contributed by atoms with E-state index in [0.29, 0.717) is 11.6 Å². The second-order valence-corrected chi connectivity index (χ2v) is 4.85. The summed E-state index contributed by atoms with van der Waals surface area (Å²) >= 11 is 9.22. The van der Waals surface area contributed by atoms with Crippen LogP contribution in [-0.4, -0.2) is 18.3 Å². The van der Waals surface area contributed by atoms with Gasteiger partial charge >= 0.3 is 0 Å². The van der Waals surface area contributed by atoms with Crippen LogP contribution < -0.4 is 4.74 Å². The van der Waals surface area contributed by atoms with Gasteiger partial charge in [-0.15, -0.1) is 0 Å². The van der Waals surface area contributed by atoms with Crippen LogP contribution in [0.25, 0.3) is 0 Å². The van der Waals surface area contributed by atoms with Gasteiger partial charge in [0.25, 0.3) is 0 Å². The molecule has 0 aliphatic heterocycles. The quantitative estimate of drug-likeness (QED) is 0.771. The van der Waals surface area contributed by atoms with Crippen LogP contribution in [-0.2, 0) is 0 Å². The van der Waals surface area contributed by atoms with E-state index in [1.807, 2.05) is 18.2 Å². The first kappa shape index (κ1) is 13.8. The Bertz CT molecular complexity index is 318. The topological polar surface area (TPSA) is 29.5 Å². The third-order valence-corrected chi connectivity index (χ3v) is 3.06. The van der Waals surface area contributed by atoms with Gasteiger partial charge in [0.2, 0.25) is 0 Å². The van der Waals surface area contributed by atoms with Gasteiger partial charge in [-0.25, -0.2) is 0 Å². The minimum atomic E-state index is 0.281. The molecule has 1 N–H and O–H groups in total. The maximum Gasteiger partial charge on any atom is 0.133 e. The Morgan fingerprint density at radius 3 is 2.62 bits per heavy atom. The van der Waals surface area contributed by atoms with Crippen molar-refractivity contribution in [2.24, 2.45) is 0 Å². The molecule has 0 bridgehead atoms. The largest absolute Gasteiger partial charge is 0.492 e. The van der Waals surface area contributed by atoms with E-state index < -0.39 is 0 Å². The van der Waals surface area contributed by atoms with Crippen molar-refractivity contribution < 1.29 is 9.84 Å². The molecule has 1 aromatic rings. The molecule has 16 heavy (non-hydrogen) atoms. The van der Waals surface area contributed by atoms with E-state index in [1.54, 1.807) is 0 Å². The summed E-state index contributed by atoms with van der Waals surface area (Å²) < 4.78 is 6.49. The first-order valence-corrected chi connectivity index (χ1v) is 6.60. The van der Waals surface area contributed by atoms with Gasteiger partial charge in [0.1, 0.15) is 5.75 Å². The number of hydrogen-bond acceptors (Lipinski definition) is 2. The third kappa shape index (κ3) is 5.19. The molecule has 1 aromatic carbocycles. The summed E-state index contributed by atoms with van der Waals surface area (Å²) in [6.45, 7) is 0.981. The SMILES string of the molecule is OCCCCCCOc1ccc(Cl)cc1Br. The summed E-state index contributed by atoms with van der Waals surface area (Å²) in [5.41, 5.74) is 0. The average molecular weight is 308 g/mol. The Balaban J connectivity index is 2.21. The van der Waals surface area contributed by atoms with Gasteiger partial charge < -0.3 is 9.84 Å². The minimum Gasteiger partial charge on any atom is -0.492 e. The van der Waals surface area contributed by atoms with E-state index in [0.717, 1.165) is 35.9 Å². The van der Waals surface area contributed by atoms with Crippen molar-refractivity contribution in [2.45, 2.75) is 25.7 Å². The second kappa shape index (κ2) is 7.93.